The van der Waals surface area contributed by atoms with Crippen molar-refractivity contribution in [3.63, 3.8) is 0 Å². The quantitative estimate of drug-likeness (QED) is 0.800. The summed E-state index contributed by atoms with van der Waals surface area (Å²) < 4.78 is 0. The van der Waals surface area contributed by atoms with Gasteiger partial charge in [0.15, 0.2) is 0 Å². The fourth-order valence-electron chi connectivity index (χ4n) is 1.38. The number of rotatable bonds is 3. The molecule has 1 heterocycles. The summed E-state index contributed by atoms with van der Waals surface area (Å²) >= 11 is 0. The van der Waals surface area contributed by atoms with Gasteiger partial charge in [0.2, 0.25) is 0 Å². The van der Waals surface area contributed by atoms with Crippen LogP contribution < -0.4 is 5.32 Å². The second-order valence-electron chi connectivity index (χ2n) is 4.04. The van der Waals surface area contributed by atoms with E-state index < -0.39 is 0 Å². The molecule has 3 heteroatoms. The van der Waals surface area contributed by atoms with Gasteiger partial charge in [-0.1, -0.05) is 13.8 Å². The first-order chi connectivity index (χ1) is 6.54. The van der Waals surface area contributed by atoms with Crippen molar-refractivity contribution in [2.24, 2.45) is 5.92 Å². The van der Waals surface area contributed by atoms with Crippen LogP contribution in [0.25, 0.3) is 0 Å². The number of nitrogens with zero attached hydrogens (tertiary/aromatic N) is 2. The van der Waals surface area contributed by atoms with E-state index in [9.17, 15) is 0 Å². The highest BCUT2D eigenvalue weighted by molar-refractivity contribution is 5.41. The molecule has 14 heavy (non-hydrogen) atoms. The van der Waals surface area contributed by atoms with Crippen LogP contribution in [0.3, 0.4) is 0 Å². The molecule has 0 spiro atoms. The van der Waals surface area contributed by atoms with Crippen LogP contribution in [0.2, 0.25) is 0 Å². The summed E-state index contributed by atoms with van der Waals surface area (Å²) in [4.78, 5) is 9.03. The van der Waals surface area contributed by atoms with E-state index in [1.54, 1.807) is 0 Å². The first-order valence-corrected chi connectivity index (χ1v) is 5.06. The van der Waals surface area contributed by atoms with E-state index >= 15 is 0 Å². The Morgan fingerprint density at radius 3 is 2.21 bits per heavy atom. The maximum atomic E-state index is 4.56. The van der Waals surface area contributed by atoms with Gasteiger partial charge in [-0.25, -0.2) is 4.98 Å². The summed E-state index contributed by atoms with van der Waals surface area (Å²) in [5.41, 5.74) is 3.10. The van der Waals surface area contributed by atoms with Gasteiger partial charge < -0.3 is 5.32 Å². The van der Waals surface area contributed by atoms with Gasteiger partial charge in [0, 0.05) is 7.05 Å². The molecule has 3 nitrogen and oxygen atoms in total. The largest absolute Gasteiger partial charge is 0.372 e. The SMILES string of the molecule is CNc1nc(C)c(C)nc1CC(C)C. The summed E-state index contributed by atoms with van der Waals surface area (Å²) in [5, 5.41) is 3.10. The first kappa shape index (κ1) is 11.0. The van der Waals surface area contributed by atoms with E-state index in [2.05, 4.69) is 29.1 Å². The van der Waals surface area contributed by atoms with Crippen LogP contribution in [-0.4, -0.2) is 17.0 Å². The van der Waals surface area contributed by atoms with Crippen LogP contribution in [0.15, 0.2) is 0 Å². The molecule has 1 aromatic heterocycles. The Balaban J connectivity index is 3.07. The van der Waals surface area contributed by atoms with Gasteiger partial charge in [0.1, 0.15) is 5.82 Å². The van der Waals surface area contributed by atoms with Gasteiger partial charge >= 0.3 is 0 Å². The molecule has 0 radical (unpaired) electrons. The minimum Gasteiger partial charge on any atom is -0.372 e. The number of hydrogen-bond acceptors (Lipinski definition) is 3. The maximum absolute atomic E-state index is 4.56. The zero-order chi connectivity index (χ0) is 10.7. The average Bonchev–Trinajstić information content (AvgIpc) is 2.10. The fraction of sp³-hybridized carbons (Fsp3) is 0.636. The molecule has 0 aliphatic heterocycles. The topological polar surface area (TPSA) is 37.8 Å². The normalized spacial score (nSPS) is 10.7. The first-order valence-electron chi connectivity index (χ1n) is 5.06. The summed E-state index contributed by atoms with van der Waals surface area (Å²) in [6.45, 7) is 8.38. The third-order valence-electron chi connectivity index (χ3n) is 2.22. The lowest BCUT2D eigenvalue weighted by Crippen LogP contribution is -2.08. The summed E-state index contributed by atoms with van der Waals surface area (Å²) in [5.74, 6) is 1.53. The Bertz CT molecular complexity index is 319. The Kier molecular flexibility index (Phi) is 3.44. The Hall–Kier alpha value is -1.12. The third-order valence-corrected chi connectivity index (χ3v) is 2.22. The van der Waals surface area contributed by atoms with E-state index in [0.29, 0.717) is 5.92 Å². The van der Waals surface area contributed by atoms with Crippen molar-refractivity contribution in [2.45, 2.75) is 34.1 Å². The van der Waals surface area contributed by atoms with E-state index in [4.69, 9.17) is 0 Å². The Morgan fingerprint density at radius 2 is 1.71 bits per heavy atom. The predicted octanol–water partition coefficient (Wildman–Crippen LogP) is 2.33. The summed E-state index contributed by atoms with van der Waals surface area (Å²) in [6, 6.07) is 0. The number of aromatic nitrogens is 2. The third kappa shape index (κ3) is 2.44. The van der Waals surface area contributed by atoms with Crippen LogP contribution in [0.4, 0.5) is 5.82 Å². The molecule has 0 saturated heterocycles. The van der Waals surface area contributed by atoms with E-state index in [1.165, 1.54) is 0 Å². The molecule has 0 atom stereocenters. The van der Waals surface area contributed by atoms with E-state index in [1.807, 2.05) is 20.9 Å². The van der Waals surface area contributed by atoms with Gasteiger partial charge in [0.05, 0.1) is 17.1 Å². The molecule has 0 unspecified atom stereocenters. The molecule has 1 rings (SSSR count). The van der Waals surface area contributed by atoms with Crippen molar-refractivity contribution in [3.05, 3.63) is 17.1 Å². The van der Waals surface area contributed by atoms with E-state index in [-0.39, 0.29) is 0 Å². The molecular formula is C11H19N3. The smallest absolute Gasteiger partial charge is 0.147 e. The predicted molar refractivity (Wildman–Crippen MR) is 59.6 cm³/mol. The van der Waals surface area contributed by atoms with Gasteiger partial charge in [-0.15, -0.1) is 0 Å². The van der Waals surface area contributed by atoms with Crippen LogP contribution >= 0.6 is 0 Å². The molecule has 0 bridgehead atoms. The van der Waals surface area contributed by atoms with Crippen molar-refractivity contribution in [1.82, 2.24) is 9.97 Å². The minimum atomic E-state index is 0.610. The lowest BCUT2D eigenvalue weighted by molar-refractivity contribution is 0.632. The summed E-state index contributed by atoms with van der Waals surface area (Å²) in [7, 11) is 1.89. The van der Waals surface area contributed by atoms with Crippen LogP contribution in [-0.2, 0) is 6.42 Å². The molecule has 0 aliphatic rings. The molecular weight excluding hydrogens is 174 g/mol. The van der Waals surface area contributed by atoms with Gasteiger partial charge in [-0.3, -0.25) is 4.98 Å². The standard InChI is InChI=1S/C11H19N3/c1-7(2)6-10-11(12-5)14-9(4)8(3)13-10/h7H,6H2,1-5H3,(H,12,14). The van der Waals surface area contributed by atoms with Gasteiger partial charge in [-0.2, -0.15) is 0 Å². The zero-order valence-electron chi connectivity index (χ0n) is 9.68. The van der Waals surface area contributed by atoms with Crippen molar-refractivity contribution >= 4 is 5.82 Å². The van der Waals surface area contributed by atoms with Gasteiger partial charge in [-0.05, 0) is 26.2 Å². The number of nitrogens with one attached hydrogen (secondary N) is 1. The van der Waals surface area contributed by atoms with Crippen molar-refractivity contribution in [1.29, 1.82) is 0 Å². The van der Waals surface area contributed by atoms with Crippen molar-refractivity contribution in [3.8, 4) is 0 Å². The molecule has 1 aromatic rings. The summed E-state index contributed by atoms with van der Waals surface area (Å²) in [6.07, 6.45) is 0.976. The molecule has 1 N–H and O–H groups in total. The molecule has 0 fully saturated rings. The molecule has 78 valence electrons. The second-order valence-corrected chi connectivity index (χ2v) is 4.04. The van der Waals surface area contributed by atoms with Crippen LogP contribution in [0.1, 0.15) is 30.9 Å². The average molecular weight is 193 g/mol. The zero-order valence-corrected chi connectivity index (χ0v) is 9.68. The molecule has 0 amide bonds. The minimum absolute atomic E-state index is 0.610. The van der Waals surface area contributed by atoms with Crippen LogP contribution in [0, 0.1) is 19.8 Å². The number of hydrogen-bond donors (Lipinski definition) is 1. The Labute approximate surface area is 86.0 Å². The molecule has 0 aliphatic carbocycles. The highest BCUT2D eigenvalue weighted by atomic mass is 15.0. The highest BCUT2D eigenvalue weighted by Gasteiger charge is 2.08. The highest BCUT2D eigenvalue weighted by Crippen LogP contribution is 2.16. The Morgan fingerprint density at radius 1 is 1.14 bits per heavy atom. The fourth-order valence-corrected chi connectivity index (χ4v) is 1.38. The molecule has 0 aromatic carbocycles. The van der Waals surface area contributed by atoms with Crippen LogP contribution in [0.5, 0.6) is 0 Å². The number of anilines is 1. The maximum Gasteiger partial charge on any atom is 0.147 e. The lowest BCUT2D eigenvalue weighted by atomic mass is 10.1. The second kappa shape index (κ2) is 4.40. The number of aryl methyl sites for hydroxylation is 2. The monoisotopic (exact) mass is 193 g/mol. The van der Waals surface area contributed by atoms with Crippen molar-refractivity contribution < 1.29 is 0 Å². The van der Waals surface area contributed by atoms with Gasteiger partial charge in [0.25, 0.3) is 0 Å². The lowest BCUT2D eigenvalue weighted by Gasteiger charge is -2.11. The van der Waals surface area contributed by atoms with E-state index in [0.717, 1.165) is 29.3 Å². The van der Waals surface area contributed by atoms with Crippen molar-refractivity contribution in [2.75, 3.05) is 12.4 Å². The molecule has 0 saturated carbocycles.